The van der Waals surface area contributed by atoms with Crippen LogP contribution in [0.5, 0.6) is 0 Å². The van der Waals surface area contributed by atoms with E-state index < -0.39 is 6.10 Å². The van der Waals surface area contributed by atoms with Gasteiger partial charge in [-0.3, -0.25) is 4.68 Å². The minimum absolute atomic E-state index is 0.173. The maximum Gasteiger partial charge on any atom is 0.134 e. The molecule has 2 aromatic rings. The number of halogens is 1. The smallest absolute Gasteiger partial charge is 0.134 e. The first-order chi connectivity index (χ1) is 9.86. The summed E-state index contributed by atoms with van der Waals surface area (Å²) in [7, 11) is 1.64. The lowest BCUT2D eigenvalue weighted by Gasteiger charge is -2.20. The van der Waals surface area contributed by atoms with Crippen molar-refractivity contribution in [3.8, 4) is 0 Å². The Labute approximate surface area is 136 Å². The van der Waals surface area contributed by atoms with Gasteiger partial charge in [-0.2, -0.15) is 5.10 Å². The van der Waals surface area contributed by atoms with Crippen molar-refractivity contribution in [2.24, 2.45) is 0 Å². The van der Waals surface area contributed by atoms with Crippen molar-refractivity contribution in [1.82, 2.24) is 19.4 Å². The van der Waals surface area contributed by atoms with Crippen LogP contribution in [0.25, 0.3) is 0 Å². The second kappa shape index (κ2) is 6.51. The van der Waals surface area contributed by atoms with Crippen LogP contribution < -0.4 is 0 Å². The van der Waals surface area contributed by atoms with Gasteiger partial charge in [0, 0.05) is 12.5 Å². The highest BCUT2D eigenvalue weighted by Gasteiger charge is 2.30. The first-order valence-corrected chi connectivity index (χ1v) is 8.13. The van der Waals surface area contributed by atoms with Crippen molar-refractivity contribution in [1.29, 1.82) is 0 Å². The maximum absolute atomic E-state index is 10.8. The van der Waals surface area contributed by atoms with Gasteiger partial charge in [0.2, 0.25) is 0 Å². The standard InChI is InChI=1S/C13H19BrN4O2S/c1-13(2,3)12-11(21-17-16-12)10(19)9-8(14)7-15-18(9)5-6-20-4/h7,10,19H,5-6H2,1-4H3. The van der Waals surface area contributed by atoms with Crippen LogP contribution in [0.2, 0.25) is 0 Å². The minimum atomic E-state index is -0.812. The van der Waals surface area contributed by atoms with Crippen LogP contribution in [0.1, 0.15) is 43.1 Å². The Kier molecular flexibility index (Phi) is 5.13. The summed E-state index contributed by atoms with van der Waals surface area (Å²) in [6.07, 6.45) is 0.868. The van der Waals surface area contributed by atoms with Crippen LogP contribution in [-0.4, -0.2) is 38.2 Å². The van der Waals surface area contributed by atoms with Gasteiger partial charge >= 0.3 is 0 Å². The predicted molar refractivity (Wildman–Crippen MR) is 84.5 cm³/mol. The Balaban J connectivity index is 2.39. The molecule has 1 atom stereocenters. The third-order valence-corrected chi connectivity index (χ3v) is 4.46. The molecule has 0 spiro atoms. The second-order valence-electron chi connectivity index (χ2n) is 5.73. The molecule has 0 saturated heterocycles. The summed E-state index contributed by atoms with van der Waals surface area (Å²) in [5, 5.41) is 19.2. The molecule has 21 heavy (non-hydrogen) atoms. The van der Waals surface area contributed by atoms with Crippen molar-refractivity contribution >= 4 is 27.5 Å². The molecule has 2 heterocycles. The fourth-order valence-electron chi connectivity index (χ4n) is 2.02. The molecule has 2 rings (SSSR count). The molecule has 116 valence electrons. The molecule has 6 nitrogen and oxygen atoms in total. The zero-order chi connectivity index (χ0) is 15.6. The molecule has 0 aliphatic heterocycles. The van der Waals surface area contributed by atoms with E-state index in [1.807, 2.05) is 0 Å². The van der Waals surface area contributed by atoms with Gasteiger partial charge in [0.05, 0.1) is 40.1 Å². The minimum Gasteiger partial charge on any atom is -0.383 e. The van der Waals surface area contributed by atoms with Crippen LogP contribution in [0, 0.1) is 0 Å². The summed E-state index contributed by atoms with van der Waals surface area (Å²) in [5.41, 5.74) is 1.34. The van der Waals surface area contributed by atoms with Crippen LogP contribution >= 0.6 is 27.5 Å². The molecule has 0 amide bonds. The predicted octanol–water partition coefficient (Wildman–Crippen LogP) is 2.52. The first-order valence-electron chi connectivity index (χ1n) is 6.57. The number of aliphatic hydroxyl groups excluding tert-OH is 1. The molecule has 2 aromatic heterocycles. The van der Waals surface area contributed by atoms with E-state index in [9.17, 15) is 5.11 Å². The number of methoxy groups -OCH3 is 1. The Bertz CT molecular complexity index is 606. The van der Waals surface area contributed by atoms with Gasteiger partial charge in [-0.05, 0) is 27.5 Å². The number of rotatable bonds is 5. The quantitative estimate of drug-likeness (QED) is 0.870. The van der Waals surface area contributed by atoms with Gasteiger partial charge in [-0.25, -0.2) is 0 Å². The average molecular weight is 375 g/mol. The van der Waals surface area contributed by atoms with Crippen molar-refractivity contribution in [3.05, 3.63) is 26.9 Å². The van der Waals surface area contributed by atoms with E-state index in [1.54, 1.807) is 18.0 Å². The van der Waals surface area contributed by atoms with Crippen molar-refractivity contribution in [3.63, 3.8) is 0 Å². The fourth-order valence-corrected chi connectivity index (χ4v) is 3.39. The molecule has 0 fully saturated rings. The zero-order valence-corrected chi connectivity index (χ0v) is 14.9. The summed E-state index contributed by atoms with van der Waals surface area (Å²) in [6, 6.07) is 0. The van der Waals surface area contributed by atoms with E-state index >= 15 is 0 Å². The van der Waals surface area contributed by atoms with E-state index in [-0.39, 0.29) is 5.41 Å². The van der Waals surface area contributed by atoms with Crippen molar-refractivity contribution in [2.45, 2.75) is 38.8 Å². The van der Waals surface area contributed by atoms with Crippen LogP contribution in [-0.2, 0) is 16.7 Å². The number of aromatic nitrogens is 4. The highest BCUT2D eigenvalue weighted by Crippen LogP contribution is 2.36. The Hall–Kier alpha value is -0.830. The van der Waals surface area contributed by atoms with Crippen molar-refractivity contribution in [2.75, 3.05) is 13.7 Å². The van der Waals surface area contributed by atoms with E-state index in [1.165, 1.54) is 11.5 Å². The molecule has 0 bridgehead atoms. The van der Waals surface area contributed by atoms with Gasteiger partial charge in [0.25, 0.3) is 0 Å². The molecule has 0 radical (unpaired) electrons. The highest BCUT2D eigenvalue weighted by molar-refractivity contribution is 9.10. The van der Waals surface area contributed by atoms with Crippen LogP contribution in [0.3, 0.4) is 0 Å². The van der Waals surface area contributed by atoms with Gasteiger partial charge in [-0.15, -0.1) is 5.10 Å². The average Bonchev–Trinajstić information content (AvgIpc) is 3.01. The van der Waals surface area contributed by atoms with Gasteiger partial charge in [0.1, 0.15) is 6.10 Å². The largest absolute Gasteiger partial charge is 0.383 e. The monoisotopic (exact) mass is 374 g/mol. The SMILES string of the molecule is COCCn1ncc(Br)c1C(O)c1snnc1C(C)(C)C. The van der Waals surface area contributed by atoms with E-state index in [2.05, 4.69) is 51.4 Å². The molecule has 0 saturated carbocycles. The topological polar surface area (TPSA) is 73.1 Å². The maximum atomic E-state index is 10.8. The number of aliphatic hydroxyl groups is 1. The summed E-state index contributed by atoms with van der Waals surface area (Å²) >= 11 is 4.67. The molecule has 0 aliphatic carbocycles. The van der Waals surface area contributed by atoms with Gasteiger partial charge in [-0.1, -0.05) is 25.3 Å². The lowest BCUT2D eigenvalue weighted by atomic mass is 9.90. The number of hydrogen-bond acceptors (Lipinski definition) is 6. The Morgan fingerprint density at radius 3 is 2.81 bits per heavy atom. The highest BCUT2D eigenvalue weighted by atomic mass is 79.9. The molecule has 1 unspecified atom stereocenters. The number of ether oxygens (including phenoxy) is 1. The van der Waals surface area contributed by atoms with Crippen LogP contribution in [0.4, 0.5) is 0 Å². The third kappa shape index (κ3) is 3.50. The molecular weight excluding hydrogens is 356 g/mol. The lowest BCUT2D eigenvalue weighted by molar-refractivity contribution is 0.171. The fraction of sp³-hybridized carbons (Fsp3) is 0.615. The zero-order valence-electron chi connectivity index (χ0n) is 12.5. The van der Waals surface area contributed by atoms with Gasteiger partial charge < -0.3 is 9.84 Å². The van der Waals surface area contributed by atoms with Crippen molar-refractivity contribution < 1.29 is 9.84 Å². The number of hydrogen-bond donors (Lipinski definition) is 1. The molecule has 1 N–H and O–H groups in total. The second-order valence-corrected chi connectivity index (χ2v) is 7.37. The third-order valence-electron chi connectivity index (χ3n) is 3.07. The lowest BCUT2D eigenvalue weighted by Crippen LogP contribution is -2.18. The first kappa shape index (κ1) is 16.5. The van der Waals surface area contributed by atoms with E-state index in [0.29, 0.717) is 18.8 Å². The Morgan fingerprint density at radius 2 is 2.19 bits per heavy atom. The molecule has 0 aliphatic rings. The summed E-state index contributed by atoms with van der Waals surface area (Å²) < 4.78 is 11.6. The number of nitrogens with zero attached hydrogens (tertiary/aromatic N) is 4. The Morgan fingerprint density at radius 1 is 1.48 bits per heavy atom. The molecule has 8 heteroatoms. The van der Waals surface area contributed by atoms with E-state index in [0.717, 1.165) is 15.0 Å². The molecular formula is C13H19BrN4O2S. The summed E-state index contributed by atoms with van der Waals surface area (Å²) in [6.45, 7) is 7.26. The molecule has 0 aromatic carbocycles. The summed E-state index contributed by atoms with van der Waals surface area (Å²) in [5.74, 6) is 0. The van der Waals surface area contributed by atoms with Gasteiger partial charge in [0.15, 0.2) is 0 Å². The van der Waals surface area contributed by atoms with E-state index in [4.69, 9.17) is 4.74 Å². The van der Waals surface area contributed by atoms with Crippen LogP contribution in [0.15, 0.2) is 10.7 Å². The summed E-state index contributed by atoms with van der Waals surface area (Å²) in [4.78, 5) is 0.752. The normalized spacial score (nSPS) is 13.6.